The summed E-state index contributed by atoms with van der Waals surface area (Å²) in [6.45, 7) is 1.51. The van der Waals surface area contributed by atoms with Crippen LogP contribution in [-0.2, 0) is 0 Å². The van der Waals surface area contributed by atoms with E-state index in [1.807, 2.05) is 4.90 Å². The van der Waals surface area contributed by atoms with Crippen LogP contribution in [0.5, 0.6) is 0 Å². The number of carbonyl (C=O) groups is 2. The first-order valence-electron chi connectivity index (χ1n) is 6.02. The average Bonchev–Trinajstić information content (AvgIpc) is 2.88. The number of β-amino-alcohol motifs (C(OH)–C–C–N with tert-alkyl or cyclic N) is 1. The van der Waals surface area contributed by atoms with Crippen molar-refractivity contribution in [3.8, 4) is 0 Å². The lowest BCUT2D eigenvalue weighted by Gasteiger charge is -2.21. The second kappa shape index (κ2) is 4.19. The zero-order chi connectivity index (χ0) is 12.7. The van der Waals surface area contributed by atoms with Gasteiger partial charge in [0.15, 0.2) is 0 Å². The summed E-state index contributed by atoms with van der Waals surface area (Å²) in [5.74, 6) is -0.478. The smallest absolute Gasteiger partial charge is 0.262 e. The molecule has 2 aliphatic rings. The summed E-state index contributed by atoms with van der Waals surface area (Å²) in [5.41, 5.74) is 0.949. The van der Waals surface area contributed by atoms with Gasteiger partial charge in [0, 0.05) is 13.1 Å². The number of carbonyl (C=O) groups excluding carboxylic acids is 2. The van der Waals surface area contributed by atoms with Gasteiger partial charge in [0.2, 0.25) is 0 Å². The fourth-order valence-electron chi connectivity index (χ4n) is 2.51. The Labute approximate surface area is 105 Å². The van der Waals surface area contributed by atoms with Gasteiger partial charge < -0.3 is 5.11 Å². The van der Waals surface area contributed by atoms with E-state index in [1.54, 1.807) is 24.3 Å². The molecule has 0 radical (unpaired) electrons. The minimum absolute atomic E-state index is 0.239. The Kier molecular flexibility index (Phi) is 2.65. The van der Waals surface area contributed by atoms with Crippen LogP contribution in [0.25, 0.3) is 0 Å². The Morgan fingerprint density at radius 3 is 2.28 bits per heavy atom. The molecular formula is C13H14N2O3. The minimum Gasteiger partial charge on any atom is -0.392 e. The topological polar surface area (TPSA) is 60.9 Å². The van der Waals surface area contributed by atoms with Crippen LogP contribution in [0.4, 0.5) is 0 Å². The lowest BCUT2D eigenvalue weighted by Crippen LogP contribution is -2.40. The van der Waals surface area contributed by atoms with Gasteiger partial charge in [0.05, 0.1) is 23.9 Å². The Balaban J connectivity index is 1.80. The van der Waals surface area contributed by atoms with Gasteiger partial charge >= 0.3 is 0 Å². The summed E-state index contributed by atoms with van der Waals surface area (Å²) in [4.78, 5) is 27.4. The predicted molar refractivity (Wildman–Crippen MR) is 64.0 cm³/mol. The van der Waals surface area contributed by atoms with Crippen molar-refractivity contribution in [1.82, 2.24) is 9.80 Å². The van der Waals surface area contributed by atoms with Crippen molar-refractivity contribution in [2.24, 2.45) is 0 Å². The van der Waals surface area contributed by atoms with Gasteiger partial charge in [-0.1, -0.05) is 12.1 Å². The molecule has 1 aromatic rings. The predicted octanol–water partition coefficient (Wildman–Crippen LogP) is 0.307. The standard InChI is InChI=1S/C13H14N2O3/c16-9-5-6-14(7-9)8-15-12(17)10-3-1-2-4-11(10)13(15)18/h1-4,9,16H,5-8H2/t9-/m0/s1. The molecule has 2 heterocycles. The second-order valence-electron chi connectivity index (χ2n) is 4.74. The van der Waals surface area contributed by atoms with Crippen LogP contribution in [0, 0.1) is 0 Å². The molecule has 1 N–H and O–H groups in total. The first-order valence-corrected chi connectivity index (χ1v) is 6.02. The van der Waals surface area contributed by atoms with Gasteiger partial charge in [0.25, 0.3) is 11.8 Å². The van der Waals surface area contributed by atoms with E-state index >= 15 is 0 Å². The largest absolute Gasteiger partial charge is 0.392 e. The van der Waals surface area contributed by atoms with Crippen LogP contribution in [-0.4, -0.2) is 52.6 Å². The molecule has 94 valence electrons. The summed E-state index contributed by atoms with van der Waals surface area (Å²) in [6, 6.07) is 6.86. The van der Waals surface area contributed by atoms with Crippen molar-refractivity contribution >= 4 is 11.8 Å². The third-order valence-corrected chi connectivity index (χ3v) is 3.47. The molecule has 5 nitrogen and oxygen atoms in total. The van der Waals surface area contributed by atoms with Gasteiger partial charge in [-0.25, -0.2) is 0 Å². The normalized spacial score (nSPS) is 23.8. The molecule has 1 atom stereocenters. The number of fused-ring (bicyclic) bond motifs is 1. The Morgan fingerprint density at radius 1 is 1.17 bits per heavy atom. The van der Waals surface area contributed by atoms with Crippen LogP contribution < -0.4 is 0 Å². The first-order chi connectivity index (χ1) is 8.66. The van der Waals surface area contributed by atoms with Gasteiger partial charge in [-0.2, -0.15) is 0 Å². The Bertz CT molecular complexity index is 480. The molecule has 1 saturated heterocycles. The van der Waals surface area contributed by atoms with Gasteiger partial charge in [-0.3, -0.25) is 19.4 Å². The summed E-state index contributed by atoms with van der Waals surface area (Å²) >= 11 is 0. The van der Waals surface area contributed by atoms with Crippen molar-refractivity contribution < 1.29 is 14.7 Å². The first kappa shape index (κ1) is 11.4. The Hall–Kier alpha value is -1.72. The Morgan fingerprint density at radius 2 is 1.78 bits per heavy atom. The number of hydrogen-bond donors (Lipinski definition) is 1. The molecule has 0 aromatic heterocycles. The van der Waals surface area contributed by atoms with Crippen LogP contribution in [0.1, 0.15) is 27.1 Å². The molecule has 3 rings (SSSR count). The van der Waals surface area contributed by atoms with Crippen molar-refractivity contribution in [2.75, 3.05) is 19.8 Å². The highest BCUT2D eigenvalue weighted by Gasteiger charge is 2.36. The number of imide groups is 1. The third-order valence-electron chi connectivity index (χ3n) is 3.47. The second-order valence-corrected chi connectivity index (χ2v) is 4.74. The van der Waals surface area contributed by atoms with Crippen molar-refractivity contribution in [2.45, 2.75) is 12.5 Å². The summed E-state index contributed by atoms with van der Waals surface area (Å²) in [5, 5.41) is 9.45. The molecule has 1 aromatic carbocycles. The summed E-state index contributed by atoms with van der Waals surface area (Å²) in [7, 11) is 0. The van der Waals surface area contributed by atoms with Gasteiger partial charge in [-0.15, -0.1) is 0 Å². The molecule has 2 aliphatic heterocycles. The molecular weight excluding hydrogens is 232 g/mol. The van der Waals surface area contributed by atoms with Crippen LogP contribution in [0.3, 0.4) is 0 Å². The summed E-state index contributed by atoms with van der Waals surface area (Å²) in [6.07, 6.45) is 0.351. The van der Waals surface area contributed by atoms with Crippen LogP contribution in [0.2, 0.25) is 0 Å². The molecule has 18 heavy (non-hydrogen) atoms. The number of rotatable bonds is 2. The highest BCUT2D eigenvalue weighted by atomic mass is 16.3. The zero-order valence-electron chi connectivity index (χ0n) is 9.87. The van der Waals surface area contributed by atoms with E-state index in [-0.39, 0.29) is 24.6 Å². The monoisotopic (exact) mass is 246 g/mol. The van der Waals surface area contributed by atoms with Crippen molar-refractivity contribution in [3.63, 3.8) is 0 Å². The molecule has 1 fully saturated rings. The average molecular weight is 246 g/mol. The van der Waals surface area contributed by atoms with E-state index in [9.17, 15) is 14.7 Å². The van der Waals surface area contributed by atoms with E-state index in [2.05, 4.69) is 0 Å². The fraction of sp³-hybridized carbons (Fsp3) is 0.385. The van der Waals surface area contributed by atoms with Crippen molar-refractivity contribution in [1.29, 1.82) is 0 Å². The number of hydrogen-bond acceptors (Lipinski definition) is 4. The number of nitrogens with zero attached hydrogens (tertiary/aromatic N) is 2. The van der Waals surface area contributed by atoms with Crippen LogP contribution in [0.15, 0.2) is 24.3 Å². The molecule has 0 unspecified atom stereocenters. The molecule has 0 aliphatic carbocycles. The quantitative estimate of drug-likeness (QED) is 0.763. The molecule has 2 amide bonds. The molecule has 0 spiro atoms. The van der Waals surface area contributed by atoms with E-state index in [0.717, 1.165) is 0 Å². The minimum atomic E-state index is -0.347. The van der Waals surface area contributed by atoms with E-state index in [4.69, 9.17) is 0 Å². The zero-order valence-corrected chi connectivity index (χ0v) is 9.87. The van der Waals surface area contributed by atoms with Crippen LogP contribution >= 0.6 is 0 Å². The lowest BCUT2D eigenvalue weighted by molar-refractivity contribution is 0.0548. The van der Waals surface area contributed by atoms with E-state index < -0.39 is 0 Å². The number of amides is 2. The molecule has 5 heteroatoms. The highest BCUT2D eigenvalue weighted by molar-refractivity contribution is 6.21. The number of aliphatic hydroxyl groups is 1. The maximum atomic E-state index is 12.1. The number of benzene rings is 1. The molecule has 0 bridgehead atoms. The third kappa shape index (κ3) is 1.72. The van der Waals surface area contributed by atoms with Gasteiger partial charge in [-0.05, 0) is 18.6 Å². The number of aliphatic hydroxyl groups excluding tert-OH is 1. The fourth-order valence-corrected chi connectivity index (χ4v) is 2.51. The maximum absolute atomic E-state index is 12.1. The summed E-state index contributed by atoms with van der Waals surface area (Å²) < 4.78 is 0. The number of likely N-dealkylation sites (tertiary alicyclic amines) is 1. The molecule has 0 saturated carbocycles. The van der Waals surface area contributed by atoms with Gasteiger partial charge in [0.1, 0.15) is 0 Å². The highest BCUT2D eigenvalue weighted by Crippen LogP contribution is 2.23. The maximum Gasteiger partial charge on any atom is 0.262 e. The SMILES string of the molecule is O=C1c2ccccc2C(=O)N1CN1CC[C@H](O)C1. The van der Waals surface area contributed by atoms with E-state index in [0.29, 0.717) is 30.6 Å². The lowest BCUT2D eigenvalue weighted by atomic mass is 10.1. The van der Waals surface area contributed by atoms with E-state index in [1.165, 1.54) is 4.90 Å². The van der Waals surface area contributed by atoms with Crippen molar-refractivity contribution in [3.05, 3.63) is 35.4 Å².